The minimum Gasteiger partial charge on any atom is -0.444 e. The van der Waals surface area contributed by atoms with Crippen LogP contribution in [0.1, 0.15) is 101 Å². The molecule has 348 valence electrons. The number of hydrogen-bond acceptors (Lipinski definition) is 11. The van der Waals surface area contributed by atoms with Gasteiger partial charge in [-0.1, -0.05) is 37.7 Å². The van der Waals surface area contributed by atoms with E-state index in [0.29, 0.717) is 6.42 Å². The smallest absolute Gasteiger partial charge is 0.408 e. The van der Waals surface area contributed by atoms with Gasteiger partial charge in [-0.05, 0) is 114 Å². The average Bonchev–Trinajstić information content (AvgIpc) is 3.06. The third kappa shape index (κ3) is 24.7. The highest BCUT2D eigenvalue weighted by atomic mass is 28.3. The van der Waals surface area contributed by atoms with Crippen molar-refractivity contribution in [1.29, 1.82) is 0 Å². The van der Waals surface area contributed by atoms with Crippen LogP contribution in [0.5, 0.6) is 0 Å². The molecule has 0 aliphatic heterocycles. The summed E-state index contributed by atoms with van der Waals surface area (Å²) in [5, 5.41) is 12.4. The SMILES string of the molecule is CC(C)(C)OC(=O)NCC(NC(=O)OC(C)(C)C)C(=O)NCC(C(N)=O)N(CCCc1ccc(C#C[Si](C)(C)C)cc1)C(=O)C(CNC(=O)OC(C)(C)C)NC(=O)OC(C)(C)C. The van der Waals surface area contributed by atoms with Gasteiger partial charge in [0, 0.05) is 18.7 Å². The molecule has 0 aliphatic rings. The molecule has 0 aromatic heterocycles. The Labute approximate surface area is 368 Å². The fraction of sp³-hybridized carbons (Fsp3) is 0.651. The first-order valence-corrected chi connectivity index (χ1v) is 24.1. The second-order valence-electron chi connectivity index (χ2n) is 19.7. The Balaban J connectivity index is 3.60. The van der Waals surface area contributed by atoms with E-state index in [0.717, 1.165) is 16.0 Å². The van der Waals surface area contributed by atoms with Crippen LogP contribution in [0.4, 0.5) is 19.2 Å². The van der Waals surface area contributed by atoms with Crippen LogP contribution < -0.4 is 32.3 Å². The predicted molar refractivity (Wildman–Crippen MR) is 237 cm³/mol. The molecule has 1 aromatic carbocycles. The number of alkyl carbamates (subject to hydrolysis) is 4. The molecule has 19 heteroatoms. The van der Waals surface area contributed by atoms with Gasteiger partial charge in [-0.25, -0.2) is 19.2 Å². The maximum absolute atomic E-state index is 14.6. The number of ether oxygens (including phenoxy) is 4. The van der Waals surface area contributed by atoms with E-state index in [1.807, 2.05) is 24.3 Å². The third-order valence-corrected chi connectivity index (χ3v) is 8.43. The maximum Gasteiger partial charge on any atom is 0.408 e. The van der Waals surface area contributed by atoms with Gasteiger partial charge in [-0.15, -0.1) is 5.54 Å². The van der Waals surface area contributed by atoms with Gasteiger partial charge in [0.15, 0.2) is 0 Å². The van der Waals surface area contributed by atoms with Gasteiger partial charge in [-0.2, -0.15) is 0 Å². The second kappa shape index (κ2) is 23.1. The Hall–Kier alpha value is -5.51. The van der Waals surface area contributed by atoms with Gasteiger partial charge in [0.2, 0.25) is 17.7 Å². The number of hydrogen-bond donors (Lipinski definition) is 6. The highest BCUT2D eigenvalue weighted by Gasteiger charge is 2.36. The van der Waals surface area contributed by atoms with Crippen molar-refractivity contribution in [2.45, 2.75) is 156 Å². The molecule has 0 bridgehead atoms. The molecule has 0 spiro atoms. The van der Waals surface area contributed by atoms with Gasteiger partial charge >= 0.3 is 24.4 Å². The molecule has 1 rings (SSSR count). The lowest BCUT2D eigenvalue weighted by atomic mass is 10.1. The summed E-state index contributed by atoms with van der Waals surface area (Å²) in [6, 6.07) is 3.12. The van der Waals surface area contributed by atoms with Crippen LogP contribution in [0.3, 0.4) is 0 Å². The highest BCUT2D eigenvalue weighted by molar-refractivity contribution is 6.83. The number of primary amides is 1. The van der Waals surface area contributed by atoms with Gasteiger partial charge in [0.05, 0.1) is 13.1 Å². The number of rotatable bonds is 16. The van der Waals surface area contributed by atoms with Gasteiger partial charge in [0.1, 0.15) is 48.6 Å². The number of aryl methyl sites for hydroxylation is 1. The van der Waals surface area contributed by atoms with Gasteiger partial charge in [-0.3, -0.25) is 14.4 Å². The van der Waals surface area contributed by atoms with E-state index in [9.17, 15) is 33.6 Å². The molecule has 62 heavy (non-hydrogen) atoms. The van der Waals surface area contributed by atoms with Crippen LogP contribution in [0.25, 0.3) is 0 Å². The Morgan fingerprint density at radius 3 is 1.47 bits per heavy atom. The van der Waals surface area contributed by atoms with E-state index < -0.39 is 110 Å². The standard InChI is InChI=1S/C43H71N7O11Si/c1-40(2,3)58-36(54)46-25-30(48-38(56)60-42(7,8)9)34(52)45-27-32(33(44)51)50(23-16-17-28-18-20-29(21-19-28)22-24-62(13,14)15)35(53)31(49-39(57)61-43(10,11)12)26-47-37(55)59-41(4,5)6/h18-21,30-32H,16-17,23,25-27H2,1-15H3,(H2,44,51)(H,45,52)(H,46,54)(H,47,55)(H,48,56)(H,49,57). The molecule has 1 aromatic rings. The summed E-state index contributed by atoms with van der Waals surface area (Å²) in [4.78, 5) is 93.7. The molecule has 0 heterocycles. The van der Waals surface area contributed by atoms with Crippen LogP contribution in [0.2, 0.25) is 19.6 Å². The number of amides is 7. The summed E-state index contributed by atoms with van der Waals surface area (Å²) in [5.74, 6) is 0.457. The van der Waals surface area contributed by atoms with Crippen LogP contribution in [0.15, 0.2) is 24.3 Å². The minimum absolute atomic E-state index is 0.113. The van der Waals surface area contributed by atoms with E-state index >= 15 is 0 Å². The third-order valence-electron chi connectivity index (χ3n) is 7.55. The zero-order valence-electron chi connectivity index (χ0n) is 39.3. The first-order valence-electron chi connectivity index (χ1n) is 20.6. The maximum atomic E-state index is 14.6. The molecule has 0 radical (unpaired) electrons. The molecule has 0 aliphatic carbocycles. The molecular weight excluding hydrogens is 819 g/mol. The summed E-state index contributed by atoms with van der Waals surface area (Å²) >= 11 is 0. The summed E-state index contributed by atoms with van der Waals surface area (Å²) < 4.78 is 21.3. The minimum atomic E-state index is -1.60. The van der Waals surface area contributed by atoms with Crippen LogP contribution in [-0.4, -0.2) is 122 Å². The fourth-order valence-corrected chi connectivity index (χ4v) is 5.60. The van der Waals surface area contributed by atoms with E-state index in [-0.39, 0.29) is 13.0 Å². The van der Waals surface area contributed by atoms with Gasteiger partial charge in [0.25, 0.3) is 0 Å². The lowest BCUT2D eigenvalue weighted by Gasteiger charge is -2.34. The van der Waals surface area contributed by atoms with Crippen LogP contribution in [0, 0.1) is 11.5 Å². The lowest BCUT2D eigenvalue weighted by molar-refractivity contribution is -0.141. The Kier molecular flexibility index (Phi) is 20.3. The van der Waals surface area contributed by atoms with Crippen molar-refractivity contribution in [1.82, 2.24) is 31.5 Å². The van der Waals surface area contributed by atoms with E-state index in [1.54, 1.807) is 83.1 Å². The second-order valence-corrected chi connectivity index (χ2v) is 24.4. The van der Waals surface area contributed by atoms with Crippen molar-refractivity contribution in [3.05, 3.63) is 35.4 Å². The number of nitrogens with two attached hydrogens (primary N) is 1. The van der Waals surface area contributed by atoms with Crippen molar-refractivity contribution in [3.63, 3.8) is 0 Å². The Morgan fingerprint density at radius 1 is 0.629 bits per heavy atom. The zero-order chi connectivity index (χ0) is 47.9. The predicted octanol–water partition coefficient (Wildman–Crippen LogP) is 4.48. The number of benzene rings is 1. The molecule has 7 amide bonds. The number of nitrogens with zero attached hydrogens (tertiary/aromatic N) is 1. The lowest BCUT2D eigenvalue weighted by Crippen LogP contribution is -2.62. The molecule has 0 saturated heterocycles. The average molecular weight is 890 g/mol. The summed E-state index contributed by atoms with van der Waals surface area (Å²) in [6.07, 6.45) is -3.00. The molecule has 0 fully saturated rings. The van der Waals surface area contributed by atoms with Crippen molar-refractivity contribution >= 4 is 50.2 Å². The molecule has 3 unspecified atom stereocenters. The Bertz CT molecular complexity index is 1780. The van der Waals surface area contributed by atoms with E-state index in [1.165, 1.54) is 0 Å². The summed E-state index contributed by atoms with van der Waals surface area (Å²) in [6.45, 7) is 24.5. The zero-order valence-corrected chi connectivity index (χ0v) is 40.3. The molecular formula is C43H71N7O11Si. The quantitative estimate of drug-likeness (QED) is 0.0768. The Morgan fingerprint density at radius 2 is 1.05 bits per heavy atom. The molecule has 7 N–H and O–H groups in total. The molecule has 0 saturated carbocycles. The van der Waals surface area contributed by atoms with Crippen LogP contribution in [-0.2, 0) is 39.8 Å². The topological polar surface area (TPSA) is 246 Å². The largest absolute Gasteiger partial charge is 0.444 e. The van der Waals surface area contributed by atoms with Crippen molar-refractivity contribution < 1.29 is 52.5 Å². The van der Waals surface area contributed by atoms with Crippen molar-refractivity contribution in [3.8, 4) is 11.5 Å². The molecule has 18 nitrogen and oxygen atoms in total. The van der Waals surface area contributed by atoms with Crippen molar-refractivity contribution in [2.75, 3.05) is 26.2 Å². The van der Waals surface area contributed by atoms with Crippen LogP contribution >= 0.6 is 0 Å². The van der Waals surface area contributed by atoms with E-state index in [4.69, 9.17) is 24.7 Å². The first kappa shape index (κ1) is 54.5. The number of carbonyl (C=O) groups excluding carboxylic acids is 7. The van der Waals surface area contributed by atoms with Gasteiger partial charge < -0.3 is 56.2 Å². The first-order chi connectivity index (χ1) is 28.1. The number of carbonyl (C=O) groups is 7. The van der Waals surface area contributed by atoms with E-state index in [2.05, 4.69) is 57.7 Å². The van der Waals surface area contributed by atoms with Crippen molar-refractivity contribution in [2.24, 2.45) is 5.73 Å². The normalized spacial score (nSPS) is 13.3. The summed E-state index contributed by atoms with van der Waals surface area (Å²) in [7, 11) is -1.60. The molecule has 3 atom stereocenters. The monoisotopic (exact) mass is 889 g/mol. The fourth-order valence-electron chi connectivity index (χ4n) is 5.08. The highest BCUT2D eigenvalue weighted by Crippen LogP contribution is 2.14. The summed E-state index contributed by atoms with van der Waals surface area (Å²) in [5.41, 5.74) is 7.35. The number of nitrogens with one attached hydrogen (secondary N) is 5.